The van der Waals surface area contributed by atoms with Crippen molar-refractivity contribution in [2.45, 2.75) is 19.4 Å². The number of methoxy groups -OCH3 is 1. The fraction of sp³-hybridized carbons (Fsp3) is 0.909. The van der Waals surface area contributed by atoms with E-state index in [1.807, 2.05) is 0 Å². The van der Waals surface area contributed by atoms with Crippen LogP contribution in [-0.4, -0.2) is 67.9 Å². The van der Waals surface area contributed by atoms with Gasteiger partial charge in [-0.25, -0.2) is 0 Å². The highest BCUT2D eigenvalue weighted by atomic mass is 32.1. The van der Waals surface area contributed by atoms with E-state index >= 15 is 0 Å². The first kappa shape index (κ1) is 13.7. The second-order valence-electron chi connectivity index (χ2n) is 4.38. The van der Waals surface area contributed by atoms with Crippen molar-refractivity contribution in [3.05, 3.63) is 0 Å². The molecule has 0 amide bonds. The van der Waals surface area contributed by atoms with Gasteiger partial charge in [-0.05, 0) is 39.2 Å². The monoisotopic (exact) mass is 245 g/mol. The lowest BCUT2D eigenvalue weighted by Gasteiger charge is -2.30. The molecular formula is C11H23N3OS. The Balaban J connectivity index is 2.40. The summed E-state index contributed by atoms with van der Waals surface area (Å²) in [4.78, 5) is 4.65. The van der Waals surface area contributed by atoms with E-state index in [4.69, 9.17) is 17.0 Å². The Labute approximate surface area is 104 Å². The molecule has 0 bridgehead atoms. The SMILES string of the molecule is COCCNC(=S)N1CCCN(C)CC1C. The van der Waals surface area contributed by atoms with Crippen molar-refractivity contribution in [3.63, 3.8) is 0 Å². The zero-order valence-corrected chi connectivity index (χ0v) is 11.3. The van der Waals surface area contributed by atoms with Crippen LogP contribution < -0.4 is 5.32 Å². The summed E-state index contributed by atoms with van der Waals surface area (Å²) in [5.41, 5.74) is 0. The fourth-order valence-electron chi connectivity index (χ4n) is 2.04. The summed E-state index contributed by atoms with van der Waals surface area (Å²) < 4.78 is 5.00. The molecular weight excluding hydrogens is 222 g/mol. The summed E-state index contributed by atoms with van der Waals surface area (Å²) in [6.45, 7) is 6.99. The highest BCUT2D eigenvalue weighted by molar-refractivity contribution is 7.80. The van der Waals surface area contributed by atoms with Crippen LogP contribution in [0.5, 0.6) is 0 Å². The Morgan fingerprint density at radius 2 is 2.25 bits per heavy atom. The number of rotatable bonds is 3. The number of hydrogen-bond acceptors (Lipinski definition) is 3. The van der Waals surface area contributed by atoms with Gasteiger partial charge in [-0.1, -0.05) is 0 Å². The normalized spacial score (nSPS) is 22.9. The highest BCUT2D eigenvalue weighted by Gasteiger charge is 2.21. The molecule has 1 atom stereocenters. The smallest absolute Gasteiger partial charge is 0.169 e. The fourth-order valence-corrected chi connectivity index (χ4v) is 2.41. The predicted molar refractivity (Wildman–Crippen MR) is 70.8 cm³/mol. The number of likely N-dealkylation sites (N-methyl/N-ethyl adjacent to an activating group) is 1. The third-order valence-electron chi connectivity index (χ3n) is 2.89. The maximum atomic E-state index is 5.40. The van der Waals surface area contributed by atoms with Crippen LogP contribution in [0.15, 0.2) is 0 Å². The van der Waals surface area contributed by atoms with Crippen molar-refractivity contribution in [2.75, 3.05) is 46.9 Å². The van der Waals surface area contributed by atoms with Gasteiger partial charge in [0, 0.05) is 32.8 Å². The van der Waals surface area contributed by atoms with Crippen molar-refractivity contribution in [1.29, 1.82) is 0 Å². The quantitative estimate of drug-likeness (QED) is 0.578. The third-order valence-corrected chi connectivity index (χ3v) is 3.27. The molecule has 1 fully saturated rings. The van der Waals surface area contributed by atoms with E-state index in [1.165, 1.54) is 6.42 Å². The lowest BCUT2D eigenvalue weighted by Crippen LogP contribution is -2.47. The Morgan fingerprint density at radius 3 is 2.94 bits per heavy atom. The molecule has 94 valence electrons. The first-order valence-electron chi connectivity index (χ1n) is 5.87. The van der Waals surface area contributed by atoms with E-state index in [-0.39, 0.29) is 0 Å². The molecule has 0 spiro atoms. The summed E-state index contributed by atoms with van der Waals surface area (Å²) in [6, 6.07) is 0.482. The van der Waals surface area contributed by atoms with Crippen LogP contribution in [0.4, 0.5) is 0 Å². The zero-order valence-electron chi connectivity index (χ0n) is 10.5. The van der Waals surface area contributed by atoms with E-state index < -0.39 is 0 Å². The van der Waals surface area contributed by atoms with Gasteiger partial charge >= 0.3 is 0 Å². The third kappa shape index (κ3) is 4.23. The number of ether oxygens (including phenoxy) is 1. The van der Waals surface area contributed by atoms with Crippen molar-refractivity contribution >= 4 is 17.3 Å². The Kier molecular flexibility index (Phi) is 6.01. The molecule has 1 aliphatic rings. The van der Waals surface area contributed by atoms with Gasteiger partial charge in [-0.15, -0.1) is 0 Å². The second-order valence-corrected chi connectivity index (χ2v) is 4.77. The summed E-state index contributed by atoms with van der Waals surface area (Å²) in [5.74, 6) is 0. The molecule has 0 saturated carbocycles. The maximum absolute atomic E-state index is 5.40. The van der Waals surface area contributed by atoms with E-state index in [9.17, 15) is 0 Å². The molecule has 0 aromatic carbocycles. The number of thiocarbonyl (C=S) groups is 1. The van der Waals surface area contributed by atoms with E-state index in [0.717, 1.165) is 31.3 Å². The Morgan fingerprint density at radius 1 is 1.50 bits per heavy atom. The topological polar surface area (TPSA) is 27.7 Å². The van der Waals surface area contributed by atoms with Gasteiger partial charge in [-0.3, -0.25) is 0 Å². The molecule has 0 aromatic rings. The van der Waals surface area contributed by atoms with Gasteiger partial charge in [-0.2, -0.15) is 0 Å². The molecule has 0 radical (unpaired) electrons. The van der Waals surface area contributed by atoms with Crippen LogP contribution in [0.1, 0.15) is 13.3 Å². The van der Waals surface area contributed by atoms with E-state index in [1.54, 1.807) is 7.11 Å². The molecule has 4 nitrogen and oxygen atoms in total. The molecule has 1 saturated heterocycles. The largest absolute Gasteiger partial charge is 0.383 e. The maximum Gasteiger partial charge on any atom is 0.169 e. The molecule has 1 unspecified atom stereocenters. The summed E-state index contributed by atoms with van der Waals surface area (Å²) in [7, 11) is 3.87. The lowest BCUT2D eigenvalue weighted by molar-refractivity contribution is 0.202. The average molecular weight is 245 g/mol. The van der Waals surface area contributed by atoms with Gasteiger partial charge in [0.25, 0.3) is 0 Å². The van der Waals surface area contributed by atoms with Crippen molar-refractivity contribution < 1.29 is 4.74 Å². The minimum absolute atomic E-state index is 0.482. The first-order valence-corrected chi connectivity index (χ1v) is 6.28. The van der Waals surface area contributed by atoms with Gasteiger partial charge in [0.05, 0.1) is 6.61 Å². The van der Waals surface area contributed by atoms with Crippen LogP contribution in [0, 0.1) is 0 Å². The molecule has 5 heteroatoms. The molecule has 1 rings (SSSR count). The van der Waals surface area contributed by atoms with Crippen LogP contribution in [0.2, 0.25) is 0 Å². The van der Waals surface area contributed by atoms with Crippen LogP contribution >= 0.6 is 12.2 Å². The minimum Gasteiger partial charge on any atom is -0.383 e. The number of nitrogens with one attached hydrogen (secondary N) is 1. The lowest BCUT2D eigenvalue weighted by atomic mass is 10.3. The Hall–Kier alpha value is -0.390. The van der Waals surface area contributed by atoms with E-state index in [2.05, 4.69) is 29.1 Å². The first-order chi connectivity index (χ1) is 7.65. The molecule has 0 aliphatic carbocycles. The molecule has 16 heavy (non-hydrogen) atoms. The highest BCUT2D eigenvalue weighted by Crippen LogP contribution is 2.08. The standard InChI is InChI=1S/C11H23N3OS/c1-10-9-13(2)6-4-7-14(10)11(16)12-5-8-15-3/h10H,4-9H2,1-3H3,(H,12,16). The van der Waals surface area contributed by atoms with E-state index in [0.29, 0.717) is 12.6 Å². The van der Waals surface area contributed by atoms with Crippen molar-refractivity contribution in [2.24, 2.45) is 0 Å². The van der Waals surface area contributed by atoms with Gasteiger partial charge in [0.15, 0.2) is 5.11 Å². The van der Waals surface area contributed by atoms with Crippen molar-refractivity contribution in [3.8, 4) is 0 Å². The van der Waals surface area contributed by atoms with Crippen LogP contribution in [-0.2, 0) is 4.74 Å². The predicted octanol–water partition coefficient (Wildman–Crippen LogP) is 0.533. The minimum atomic E-state index is 0.482. The molecule has 0 aromatic heterocycles. The van der Waals surface area contributed by atoms with Gasteiger partial charge < -0.3 is 19.9 Å². The summed E-state index contributed by atoms with van der Waals surface area (Å²) >= 11 is 5.40. The summed E-state index contributed by atoms with van der Waals surface area (Å²) in [5, 5.41) is 4.10. The molecule has 1 N–H and O–H groups in total. The zero-order chi connectivity index (χ0) is 12.0. The van der Waals surface area contributed by atoms with Gasteiger partial charge in [0.2, 0.25) is 0 Å². The number of nitrogens with zero attached hydrogens (tertiary/aromatic N) is 2. The number of hydrogen-bond donors (Lipinski definition) is 1. The average Bonchev–Trinajstić information content (AvgIpc) is 2.39. The molecule has 1 heterocycles. The summed E-state index contributed by atoms with van der Waals surface area (Å²) in [6.07, 6.45) is 1.17. The Bertz CT molecular complexity index is 225. The van der Waals surface area contributed by atoms with Crippen LogP contribution in [0.3, 0.4) is 0 Å². The van der Waals surface area contributed by atoms with Gasteiger partial charge in [0.1, 0.15) is 0 Å². The van der Waals surface area contributed by atoms with Crippen molar-refractivity contribution in [1.82, 2.24) is 15.1 Å². The van der Waals surface area contributed by atoms with Crippen LogP contribution in [0.25, 0.3) is 0 Å². The molecule has 1 aliphatic heterocycles. The second kappa shape index (κ2) is 7.04.